The molecule has 1 nitrogen and oxygen atoms in total. The maximum Gasteiger partial charge on any atom is 0.150 e. The van der Waals surface area contributed by atoms with Crippen LogP contribution < -0.4 is 0 Å². The number of halogens is 2. The Hall–Kier alpha value is -0.930. The predicted octanol–water partition coefficient (Wildman–Crippen LogP) is 4.81. The Morgan fingerprint density at radius 3 is 2.06 bits per heavy atom. The normalized spacial score (nSPS) is 11.7. The maximum absolute atomic E-state index is 10.1. The number of hydrogen-bond donors (Lipinski definition) is 0. The van der Waals surface area contributed by atoms with E-state index in [0.717, 1.165) is 10.8 Å². The summed E-state index contributed by atoms with van der Waals surface area (Å²) in [5, 5.41) is 0. The molecule has 92 valence electrons. The largest absolute Gasteiger partial charge is 0.298 e. The van der Waals surface area contributed by atoms with Gasteiger partial charge in [0.15, 0.2) is 0 Å². The van der Waals surface area contributed by atoms with E-state index >= 15 is 0 Å². The highest BCUT2D eigenvalue weighted by Gasteiger charge is 2.11. The second-order valence-electron chi connectivity index (χ2n) is 4.09. The SMILES string of the molecule is Brc1ccc2c(c1)CC2.O=Cc1cccc(Br)c1. The fourth-order valence-corrected chi connectivity index (χ4v) is 2.57. The van der Waals surface area contributed by atoms with Gasteiger partial charge in [-0.2, -0.15) is 0 Å². The van der Waals surface area contributed by atoms with Gasteiger partial charge >= 0.3 is 0 Å². The molecule has 1 aliphatic rings. The number of fused-ring (bicyclic) bond motifs is 1. The summed E-state index contributed by atoms with van der Waals surface area (Å²) in [7, 11) is 0. The van der Waals surface area contributed by atoms with Crippen molar-refractivity contribution in [3.05, 3.63) is 68.1 Å². The number of carbonyl (C=O) groups excluding carboxylic acids is 1. The van der Waals surface area contributed by atoms with Crippen LogP contribution in [0.15, 0.2) is 51.4 Å². The van der Waals surface area contributed by atoms with Crippen LogP contribution in [0.25, 0.3) is 0 Å². The summed E-state index contributed by atoms with van der Waals surface area (Å²) in [6.07, 6.45) is 3.38. The van der Waals surface area contributed by atoms with Gasteiger partial charge in [-0.1, -0.05) is 50.1 Å². The molecule has 2 aromatic rings. The zero-order chi connectivity index (χ0) is 13.0. The Morgan fingerprint density at radius 2 is 1.61 bits per heavy atom. The summed E-state index contributed by atoms with van der Waals surface area (Å²) in [6.45, 7) is 0. The Morgan fingerprint density at radius 1 is 0.889 bits per heavy atom. The van der Waals surface area contributed by atoms with Crippen LogP contribution in [0.1, 0.15) is 21.5 Å². The first kappa shape index (κ1) is 13.5. The summed E-state index contributed by atoms with van der Waals surface area (Å²) in [6, 6.07) is 13.8. The first-order valence-corrected chi connectivity index (χ1v) is 7.25. The fourth-order valence-electron chi connectivity index (χ4n) is 1.74. The highest BCUT2D eigenvalue weighted by atomic mass is 79.9. The Balaban J connectivity index is 0.000000134. The molecule has 1 aliphatic carbocycles. The summed E-state index contributed by atoms with van der Waals surface area (Å²) in [4.78, 5) is 10.1. The van der Waals surface area contributed by atoms with E-state index in [0.29, 0.717) is 5.56 Å². The fraction of sp³-hybridized carbons (Fsp3) is 0.133. The molecule has 0 amide bonds. The van der Waals surface area contributed by atoms with Crippen molar-refractivity contribution < 1.29 is 4.79 Å². The van der Waals surface area contributed by atoms with E-state index in [1.165, 1.54) is 28.4 Å². The molecule has 0 fully saturated rings. The zero-order valence-corrected chi connectivity index (χ0v) is 12.9. The van der Waals surface area contributed by atoms with Crippen molar-refractivity contribution in [1.82, 2.24) is 0 Å². The third-order valence-corrected chi connectivity index (χ3v) is 3.80. The highest BCUT2D eigenvalue weighted by Crippen LogP contribution is 2.25. The van der Waals surface area contributed by atoms with Gasteiger partial charge in [0.05, 0.1) is 0 Å². The van der Waals surface area contributed by atoms with Gasteiger partial charge in [-0.3, -0.25) is 4.79 Å². The molecule has 0 aliphatic heterocycles. The first-order chi connectivity index (χ1) is 8.69. The van der Waals surface area contributed by atoms with Crippen LogP contribution >= 0.6 is 31.9 Å². The second kappa shape index (κ2) is 6.30. The molecule has 3 heteroatoms. The van der Waals surface area contributed by atoms with E-state index in [1.807, 2.05) is 12.1 Å². The number of rotatable bonds is 1. The van der Waals surface area contributed by atoms with Gasteiger partial charge in [-0.05, 0) is 48.2 Å². The molecular formula is C15H12Br2O. The monoisotopic (exact) mass is 366 g/mol. The minimum atomic E-state index is 0.698. The van der Waals surface area contributed by atoms with Gasteiger partial charge < -0.3 is 0 Å². The van der Waals surface area contributed by atoms with Gasteiger partial charge in [0.1, 0.15) is 6.29 Å². The van der Waals surface area contributed by atoms with Gasteiger partial charge in [0, 0.05) is 14.5 Å². The smallest absolute Gasteiger partial charge is 0.150 e. The Bertz CT molecular complexity index is 564. The predicted molar refractivity (Wildman–Crippen MR) is 81.1 cm³/mol. The molecular weight excluding hydrogens is 356 g/mol. The van der Waals surface area contributed by atoms with Crippen LogP contribution in [0.3, 0.4) is 0 Å². The highest BCUT2D eigenvalue weighted by molar-refractivity contribution is 9.10. The van der Waals surface area contributed by atoms with Crippen molar-refractivity contribution in [2.24, 2.45) is 0 Å². The topological polar surface area (TPSA) is 17.1 Å². The molecule has 0 saturated heterocycles. The van der Waals surface area contributed by atoms with Crippen LogP contribution in [0.5, 0.6) is 0 Å². The molecule has 0 unspecified atom stereocenters. The standard InChI is InChI=1S/C8H7Br.C7H5BrO/c9-8-4-3-6-1-2-7(6)5-8;8-7-3-1-2-6(4-7)5-9/h3-5H,1-2H2;1-5H. The molecule has 0 spiro atoms. The quantitative estimate of drug-likeness (QED) is 0.661. The van der Waals surface area contributed by atoms with Gasteiger partial charge in [0.2, 0.25) is 0 Å². The third kappa shape index (κ3) is 3.53. The van der Waals surface area contributed by atoms with Crippen LogP contribution in [-0.4, -0.2) is 6.29 Å². The molecule has 0 radical (unpaired) electrons. The lowest BCUT2D eigenvalue weighted by molar-refractivity contribution is 0.112. The lowest BCUT2D eigenvalue weighted by Gasteiger charge is -2.17. The second-order valence-corrected chi connectivity index (χ2v) is 5.92. The van der Waals surface area contributed by atoms with Crippen LogP contribution in [0.2, 0.25) is 0 Å². The first-order valence-electron chi connectivity index (χ1n) is 5.67. The lowest BCUT2D eigenvalue weighted by atomic mass is 9.89. The van der Waals surface area contributed by atoms with Crippen molar-refractivity contribution in [2.45, 2.75) is 12.8 Å². The molecule has 0 N–H and O–H groups in total. The molecule has 0 aromatic heterocycles. The van der Waals surface area contributed by atoms with Gasteiger partial charge in [0.25, 0.3) is 0 Å². The van der Waals surface area contributed by atoms with E-state index in [-0.39, 0.29) is 0 Å². The Kier molecular flexibility index (Phi) is 4.72. The van der Waals surface area contributed by atoms with Crippen molar-refractivity contribution in [1.29, 1.82) is 0 Å². The summed E-state index contributed by atoms with van der Waals surface area (Å²) < 4.78 is 2.15. The summed E-state index contributed by atoms with van der Waals surface area (Å²) in [5.41, 5.74) is 3.74. The molecule has 0 atom stereocenters. The summed E-state index contributed by atoms with van der Waals surface area (Å²) >= 11 is 6.67. The van der Waals surface area contributed by atoms with E-state index < -0.39 is 0 Å². The van der Waals surface area contributed by atoms with Crippen molar-refractivity contribution in [3.8, 4) is 0 Å². The average molecular weight is 368 g/mol. The maximum atomic E-state index is 10.1. The minimum absolute atomic E-state index is 0.698. The van der Waals surface area contributed by atoms with E-state index in [9.17, 15) is 4.79 Å². The zero-order valence-electron chi connectivity index (χ0n) is 9.70. The van der Waals surface area contributed by atoms with Crippen molar-refractivity contribution in [2.75, 3.05) is 0 Å². The van der Waals surface area contributed by atoms with Gasteiger partial charge in [-0.15, -0.1) is 0 Å². The van der Waals surface area contributed by atoms with Crippen molar-refractivity contribution >= 4 is 38.1 Å². The van der Waals surface area contributed by atoms with E-state index in [4.69, 9.17) is 0 Å². The molecule has 18 heavy (non-hydrogen) atoms. The van der Waals surface area contributed by atoms with E-state index in [2.05, 4.69) is 50.1 Å². The molecule has 2 aromatic carbocycles. The minimum Gasteiger partial charge on any atom is -0.298 e. The Labute approximate surface area is 123 Å². The summed E-state index contributed by atoms with van der Waals surface area (Å²) in [5.74, 6) is 0. The number of benzene rings is 2. The number of carbonyl (C=O) groups is 1. The average Bonchev–Trinajstić information content (AvgIpc) is 2.34. The molecule has 0 bridgehead atoms. The molecule has 3 rings (SSSR count). The van der Waals surface area contributed by atoms with Gasteiger partial charge in [-0.25, -0.2) is 0 Å². The van der Waals surface area contributed by atoms with Crippen LogP contribution in [-0.2, 0) is 12.8 Å². The van der Waals surface area contributed by atoms with Crippen molar-refractivity contribution in [3.63, 3.8) is 0 Å². The molecule has 0 heterocycles. The third-order valence-electron chi connectivity index (χ3n) is 2.82. The molecule has 0 saturated carbocycles. The lowest BCUT2D eigenvalue weighted by Crippen LogP contribution is -2.06. The number of aldehydes is 1. The van der Waals surface area contributed by atoms with Crippen LogP contribution in [0, 0.1) is 0 Å². The van der Waals surface area contributed by atoms with E-state index in [1.54, 1.807) is 12.1 Å². The number of aryl methyl sites for hydroxylation is 2. The van der Waals surface area contributed by atoms with Crippen LogP contribution in [0.4, 0.5) is 0 Å². The number of hydrogen-bond acceptors (Lipinski definition) is 1.